The number of fused-ring (bicyclic) bond motifs is 3. The van der Waals surface area contributed by atoms with Crippen LogP contribution < -0.4 is 10.2 Å². The molecule has 2 aromatic heterocycles. The molecule has 7 heteroatoms. The Labute approximate surface area is 192 Å². The summed E-state index contributed by atoms with van der Waals surface area (Å²) < 4.78 is 7.44. The van der Waals surface area contributed by atoms with E-state index < -0.39 is 5.54 Å². The highest BCUT2D eigenvalue weighted by Crippen LogP contribution is 2.37. The Morgan fingerprint density at radius 2 is 1.88 bits per heavy atom. The number of furan rings is 1. The summed E-state index contributed by atoms with van der Waals surface area (Å²) in [5.74, 6) is -0.368. The highest BCUT2D eigenvalue weighted by Gasteiger charge is 2.49. The van der Waals surface area contributed by atoms with Crippen LogP contribution in [0.15, 0.2) is 47.1 Å². The molecule has 1 aliphatic heterocycles. The number of anilines is 1. The van der Waals surface area contributed by atoms with E-state index in [-0.39, 0.29) is 17.9 Å². The van der Waals surface area contributed by atoms with Gasteiger partial charge in [0.25, 0.3) is 5.91 Å². The molecule has 3 aromatic rings. The molecule has 2 aliphatic rings. The number of carbonyl (C=O) groups is 2. The summed E-state index contributed by atoms with van der Waals surface area (Å²) in [6, 6.07) is 10.9. The normalized spacial score (nSPS) is 22.4. The molecular formula is C25H28ClN3O3. The molecule has 0 radical (unpaired) electrons. The average molecular weight is 454 g/mol. The van der Waals surface area contributed by atoms with Crippen molar-refractivity contribution in [1.82, 2.24) is 9.88 Å². The number of nitrogens with one attached hydrogen (secondary N) is 1. The molecule has 1 aliphatic carbocycles. The van der Waals surface area contributed by atoms with Crippen LogP contribution in [0.25, 0.3) is 11.1 Å². The van der Waals surface area contributed by atoms with Crippen LogP contribution in [0.3, 0.4) is 0 Å². The Kier molecular flexibility index (Phi) is 5.49. The molecule has 2 amide bonds. The van der Waals surface area contributed by atoms with Gasteiger partial charge in [-0.15, -0.1) is 0 Å². The summed E-state index contributed by atoms with van der Waals surface area (Å²) in [5.41, 5.74) is 1.48. The first-order valence-corrected chi connectivity index (χ1v) is 11.8. The van der Waals surface area contributed by atoms with Gasteiger partial charge in [-0.25, -0.2) is 0 Å². The monoisotopic (exact) mass is 453 g/mol. The second-order valence-electron chi connectivity index (χ2n) is 9.20. The van der Waals surface area contributed by atoms with Gasteiger partial charge in [-0.05, 0) is 38.0 Å². The molecule has 0 saturated heterocycles. The maximum Gasteiger partial charge on any atom is 0.276 e. The zero-order chi connectivity index (χ0) is 22.3. The Bertz CT molecular complexity index is 1160. The molecule has 1 N–H and O–H groups in total. The maximum atomic E-state index is 13.8. The smallest absolute Gasteiger partial charge is 0.276 e. The summed E-state index contributed by atoms with van der Waals surface area (Å²) >= 11 is 6.26. The Morgan fingerprint density at radius 1 is 1.12 bits per heavy atom. The van der Waals surface area contributed by atoms with E-state index in [2.05, 4.69) is 5.32 Å². The van der Waals surface area contributed by atoms with Crippen LogP contribution in [0.2, 0.25) is 5.02 Å². The highest BCUT2D eigenvalue weighted by molar-refractivity contribution is 6.31. The van der Waals surface area contributed by atoms with Crippen molar-refractivity contribution in [2.45, 2.75) is 70.0 Å². The summed E-state index contributed by atoms with van der Waals surface area (Å²) in [6.45, 7) is 2.18. The van der Waals surface area contributed by atoms with Crippen LogP contribution in [0.4, 0.5) is 5.69 Å². The van der Waals surface area contributed by atoms with Crippen molar-refractivity contribution in [2.24, 2.45) is 0 Å². The Hall–Kier alpha value is -2.73. The molecule has 1 fully saturated rings. The van der Waals surface area contributed by atoms with Gasteiger partial charge in [0, 0.05) is 28.9 Å². The molecule has 32 heavy (non-hydrogen) atoms. The summed E-state index contributed by atoms with van der Waals surface area (Å²) in [4.78, 5) is 29.2. The first-order chi connectivity index (χ1) is 15.5. The van der Waals surface area contributed by atoms with Crippen LogP contribution in [0, 0.1) is 0 Å². The molecular weight excluding hydrogens is 426 g/mol. The molecule has 3 heterocycles. The minimum atomic E-state index is -1.11. The van der Waals surface area contributed by atoms with Gasteiger partial charge >= 0.3 is 0 Å². The van der Waals surface area contributed by atoms with E-state index in [0.717, 1.165) is 31.2 Å². The lowest BCUT2D eigenvalue weighted by atomic mass is 9.91. The van der Waals surface area contributed by atoms with Gasteiger partial charge in [0.2, 0.25) is 5.91 Å². The molecule has 1 saturated carbocycles. The molecule has 1 aromatic carbocycles. The van der Waals surface area contributed by atoms with Crippen molar-refractivity contribution in [2.75, 3.05) is 4.90 Å². The first-order valence-electron chi connectivity index (χ1n) is 11.5. The fourth-order valence-corrected chi connectivity index (χ4v) is 5.36. The number of carbonyl (C=O) groups excluding carboxylic acids is 2. The van der Waals surface area contributed by atoms with Crippen LogP contribution >= 0.6 is 11.6 Å². The zero-order valence-electron chi connectivity index (χ0n) is 18.3. The summed E-state index contributed by atoms with van der Waals surface area (Å²) in [5, 5.41) is 3.82. The maximum absolute atomic E-state index is 13.8. The zero-order valence-corrected chi connectivity index (χ0v) is 19.0. The molecule has 5 rings (SSSR count). The van der Waals surface area contributed by atoms with Crippen LogP contribution in [0.5, 0.6) is 0 Å². The fourth-order valence-electron chi connectivity index (χ4n) is 5.17. The third kappa shape index (κ3) is 3.60. The number of rotatable bonds is 3. The predicted molar refractivity (Wildman–Crippen MR) is 125 cm³/mol. The molecule has 0 spiro atoms. The third-order valence-corrected chi connectivity index (χ3v) is 7.14. The molecule has 0 bridgehead atoms. The van der Waals surface area contributed by atoms with Crippen molar-refractivity contribution in [3.63, 3.8) is 0 Å². The number of nitrogens with zero attached hydrogens (tertiary/aromatic N) is 2. The lowest BCUT2D eigenvalue weighted by Crippen LogP contribution is -2.65. The quantitative estimate of drug-likeness (QED) is 0.566. The van der Waals surface area contributed by atoms with Gasteiger partial charge in [0.1, 0.15) is 11.2 Å². The Morgan fingerprint density at radius 3 is 2.62 bits per heavy atom. The van der Waals surface area contributed by atoms with Gasteiger partial charge in [-0.2, -0.15) is 0 Å². The third-order valence-electron chi connectivity index (χ3n) is 6.90. The van der Waals surface area contributed by atoms with E-state index in [0.29, 0.717) is 28.5 Å². The topological polar surface area (TPSA) is 67.5 Å². The van der Waals surface area contributed by atoms with Crippen LogP contribution in [-0.2, 0) is 11.3 Å². The first kappa shape index (κ1) is 21.1. The number of halogens is 1. The van der Waals surface area contributed by atoms with Gasteiger partial charge in [0.15, 0.2) is 5.58 Å². The molecule has 0 unspecified atom stereocenters. The predicted octanol–water partition coefficient (Wildman–Crippen LogP) is 5.54. The number of hydrogen-bond donors (Lipinski definition) is 1. The molecule has 6 nitrogen and oxygen atoms in total. The minimum Gasteiger partial charge on any atom is -0.463 e. The lowest BCUT2D eigenvalue weighted by Gasteiger charge is -2.44. The number of amides is 2. The van der Waals surface area contributed by atoms with Crippen molar-refractivity contribution in [3.8, 4) is 0 Å². The highest BCUT2D eigenvalue weighted by atomic mass is 35.5. The molecule has 1 atom stereocenters. The van der Waals surface area contributed by atoms with Gasteiger partial charge < -0.3 is 14.3 Å². The lowest BCUT2D eigenvalue weighted by molar-refractivity contribution is -0.127. The van der Waals surface area contributed by atoms with E-state index >= 15 is 0 Å². The second-order valence-corrected chi connectivity index (χ2v) is 9.63. The van der Waals surface area contributed by atoms with Gasteiger partial charge in [-0.1, -0.05) is 49.8 Å². The van der Waals surface area contributed by atoms with Crippen molar-refractivity contribution in [3.05, 3.63) is 53.4 Å². The van der Waals surface area contributed by atoms with Crippen LogP contribution in [0.1, 0.15) is 62.4 Å². The number of aromatic nitrogens is 1. The number of benzene rings is 1. The van der Waals surface area contributed by atoms with Gasteiger partial charge in [-0.3, -0.25) is 14.5 Å². The van der Waals surface area contributed by atoms with Gasteiger partial charge in [0.05, 0.1) is 18.3 Å². The van der Waals surface area contributed by atoms with E-state index in [9.17, 15) is 9.59 Å². The fraction of sp³-hybridized carbons (Fsp3) is 0.440. The molecule has 168 valence electrons. The van der Waals surface area contributed by atoms with E-state index in [1.807, 2.05) is 23.6 Å². The largest absolute Gasteiger partial charge is 0.463 e. The second kappa shape index (κ2) is 8.32. The van der Waals surface area contributed by atoms with Crippen LogP contribution in [-0.4, -0.2) is 28.0 Å². The Balaban J connectivity index is 1.55. The van der Waals surface area contributed by atoms with E-state index in [1.54, 1.807) is 35.4 Å². The van der Waals surface area contributed by atoms with Crippen molar-refractivity contribution < 1.29 is 14.0 Å². The SMILES string of the molecule is C[C@]1(C(=O)NC2CCCCCCC2)Cn2c(cc3occc32)C(=O)N1c1cccc(Cl)c1. The van der Waals surface area contributed by atoms with Crippen molar-refractivity contribution >= 4 is 40.2 Å². The summed E-state index contributed by atoms with van der Waals surface area (Å²) in [6.07, 6.45) is 9.50. The van der Waals surface area contributed by atoms with E-state index in [4.69, 9.17) is 16.0 Å². The minimum absolute atomic E-state index is 0.132. The standard InChI is InChI=1S/C25H28ClN3O3/c1-25(24(31)27-18-9-5-3-2-4-6-10-18)16-28-20-12-13-32-22(20)15-21(28)23(30)29(25)19-11-7-8-17(26)14-19/h7-8,11-15,18H,2-6,9-10,16H2,1H3,(H,27,31)/t25-/m1/s1. The summed E-state index contributed by atoms with van der Waals surface area (Å²) in [7, 11) is 0. The average Bonchev–Trinajstić information content (AvgIpc) is 3.32. The van der Waals surface area contributed by atoms with Crippen molar-refractivity contribution in [1.29, 1.82) is 0 Å². The number of hydrogen-bond acceptors (Lipinski definition) is 3. The van der Waals surface area contributed by atoms with E-state index in [1.165, 1.54) is 19.3 Å².